The minimum atomic E-state index is 0.496. The van der Waals surface area contributed by atoms with Gasteiger partial charge in [0.1, 0.15) is 18.1 Å². The van der Waals surface area contributed by atoms with Crippen molar-refractivity contribution in [3.8, 4) is 23.0 Å². The maximum absolute atomic E-state index is 5.73. The van der Waals surface area contributed by atoms with Gasteiger partial charge < -0.3 is 13.9 Å². The number of nitrogens with zero attached hydrogens (tertiary/aromatic N) is 2. The van der Waals surface area contributed by atoms with E-state index in [9.17, 15) is 0 Å². The van der Waals surface area contributed by atoms with Crippen LogP contribution in [0.25, 0.3) is 11.5 Å². The Balaban J connectivity index is 1.63. The third-order valence-corrected chi connectivity index (χ3v) is 3.19. The Bertz CT molecular complexity index is 733. The van der Waals surface area contributed by atoms with Gasteiger partial charge in [-0.3, -0.25) is 0 Å². The molecule has 0 N–H and O–H groups in total. The number of ether oxygens (including phenoxy) is 2. The number of rotatable bonds is 5. The number of benzene rings is 2. The first-order valence-corrected chi connectivity index (χ1v) is 6.91. The summed E-state index contributed by atoms with van der Waals surface area (Å²) in [5, 5.41) is 7.82. The van der Waals surface area contributed by atoms with Gasteiger partial charge in [0.25, 0.3) is 0 Å². The fourth-order valence-corrected chi connectivity index (χ4v) is 2.00. The summed E-state index contributed by atoms with van der Waals surface area (Å²) >= 11 is 0. The highest BCUT2D eigenvalue weighted by molar-refractivity contribution is 5.52. The van der Waals surface area contributed by atoms with Gasteiger partial charge in [0.2, 0.25) is 11.8 Å². The molecule has 1 aromatic heterocycles. The molecule has 22 heavy (non-hydrogen) atoms. The van der Waals surface area contributed by atoms with E-state index < -0.39 is 0 Å². The molecule has 0 bridgehead atoms. The lowest BCUT2D eigenvalue weighted by molar-refractivity contribution is 0.305. The molecule has 3 rings (SSSR count). The Morgan fingerprint density at radius 2 is 1.59 bits per heavy atom. The van der Waals surface area contributed by atoms with E-state index in [0.717, 1.165) is 22.6 Å². The third-order valence-electron chi connectivity index (χ3n) is 3.19. The highest BCUT2D eigenvalue weighted by Crippen LogP contribution is 2.20. The molecule has 0 saturated heterocycles. The molecule has 112 valence electrons. The van der Waals surface area contributed by atoms with E-state index in [4.69, 9.17) is 13.9 Å². The van der Waals surface area contributed by atoms with Crippen LogP contribution in [0.1, 0.15) is 11.5 Å². The predicted octanol–water partition coefficient (Wildman–Crippen LogP) is 3.63. The summed E-state index contributed by atoms with van der Waals surface area (Å²) in [7, 11) is 1.64. The van der Waals surface area contributed by atoms with E-state index in [2.05, 4.69) is 10.2 Å². The van der Waals surface area contributed by atoms with Crippen molar-refractivity contribution in [2.24, 2.45) is 0 Å². The van der Waals surface area contributed by atoms with Crippen molar-refractivity contribution in [1.82, 2.24) is 10.2 Å². The normalized spacial score (nSPS) is 10.5. The Morgan fingerprint density at radius 3 is 2.18 bits per heavy atom. The highest BCUT2D eigenvalue weighted by Gasteiger charge is 2.05. The largest absolute Gasteiger partial charge is 0.497 e. The second kappa shape index (κ2) is 6.30. The minimum Gasteiger partial charge on any atom is -0.497 e. The summed E-state index contributed by atoms with van der Waals surface area (Å²) in [6.07, 6.45) is 0. The summed E-state index contributed by atoms with van der Waals surface area (Å²) in [6.45, 7) is 2.27. The summed E-state index contributed by atoms with van der Waals surface area (Å²) in [6, 6.07) is 15.4. The Kier molecular flexibility index (Phi) is 4.05. The molecule has 0 atom stereocenters. The molecule has 2 aromatic carbocycles. The molecule has 0 fully saturated rings. The zero-order chi connectivity index (χ0) is 15.4. The van der Waals surface area contributed by atoms with Crippen LogP contribution < -0.4 is 9.47 Å². The first kappa shape index (κ1) is 14.1. The van der Waals surface area contributed by atoms with Crippen LogP contribution in [0.5, 0.6) is 11.5 Å². The zero-order valence-corrected chi connectivity index (χ0v) is 12.4. The van der Waals surface area contributed by atoms with E-state index in [1.165, 1.54) is 0 Å². The molecule has 3 aromatic rings. The molecule has 0 unspecified atom stereocenters. The fourth-order valence-electron chi connectivity index (χ4n) is 2.00. The number of methoxy groups -OCH3 is 1. The molecule has 1 heterocycles. The second-order valence-electron chi connectivity index (χ2n) is 4.79. The molecule has 0 amide bonds. The fraction of sp³-hybridized carbons (Fsp3) is 0.176. The first-order valence-electron chi connectivity index (χ1n) is 6.91. The smallest absolute Gasteiger partial charge is 0.247 e. The van der Waals surface area contributed by atoms with Gasteiger partial charge in [-0.2, -0.15) is 0 Å². The van der Waals surface area contributed by atoms with Crippen LogP contribution in [0.4, 0.5) is 0 Å². The minimum absolute atomic E-state index is 0.496. The van der Waals surface area contributed by atoms with Gasteiger partial charge in [0.05, 0.1) is 7.11 Å². The summed E-state index contributed by atoms with van der Waals surface area (Å²) in [4.78, 5) is 0. The molecule has 0 radical (unpaired) electrons. The van der Waals surface area contributed by atoms with Gasteiger partial charge in [-0.05, 0) is 42.0 Å². The van der Waals surface area contributed by atoms with Gasteiger partial charge >= 0.3 is 0 Å². The quantitative estimate of drug-likeness (QED) is 0.719. The molecule has 0 aliphatic heterocycles. The SMILES string of the molecule is COc1ccc(OCc2ccc(-c3nnc(C)o3)cc2)cc1. The van der Waals surface area contributed by atoms with Crippen LogP contribution >= 0.6 is 0 Å². The topological polar surface area (TPSA) is 57.4 Å². The van der Waals surface area contributed by atoms with Crippen LogP contribution in [0, 0.1) is 6.92 Å². The van der Waals surface area contributed by atoms with Crippen molar-refractivity contribution in [2.75, 3.05) is 7.11 Å². The standard InChI is InChI=1S/C17H16N2O3/c1-12-18-19-17(22-12)14-5-3-13(4-6-14)11-21-16-9-7-15(20-2)8-10-16/h3-10H,11H2,1-2H3. The summed E-state index contributed by atoms with van der Waals surface area (Å²) in [5.41, 5.74) is 1.96. The van der Waals surface area contributed by atoms with Crippen molar-refractivity contribution >= 4 is 0 Å². The number of aryl methyl sites for hydroxylation is 1. The van der Waals surface area contributed by atoms with Crippen LogP contribution in [0.15, 0.2) is 52.9 Å². The van der Waals surface area contributed by atoms with Gasteiger partial charge in [0, 0.05) is 12.5 Å². The van der Waals surface area contributed by atoms with Crippen molar-refractivity contribution in [2.45, 2.75) is 13.5 Å². The first-order chi connectivity index (χ1) is 10.7. The maximum atomic E-state index is 5.73. The van der Waals surface area contributed by atoms with Crippen molar-refractivity contribution in [1.29, 1.82) is 0 Å². The Labute approximate surface area is 128 Å². The third kappa shape index (κ3) is 3.25. The molecular weight excluding hydrogens is 280 g/mol. The average molecular weight is 296 g/mol. The van der Waals surface area contributed by atoms with Gasteiger partial charge in [-0.15, -0.1) is 10.2 Å². The van der Waals surface area contributed by atoms with E-state index in [1.54, 1.807) is 14.0 Å². The summed E-state index contributed by atoms with van der Waals surface area (Å²) in [5.74, 6) is 2.70. The zero-order valence-electron chi connectivity index (χ0n) is 12.4. The molecule has 5 heteroatoms. The molecule has 0 aliphatic carbocycles. The van der Waals surface area contributed by atoms with E-state index in [0.29, 0.717) is 18.4 Å². The molecule has 5 nitrogen and oxygen atoms in total. The Hall–Kier alpha value is -2.82. The Morgan fingerprint density at radius 1 is 0.909 bits per heavy atom. The van der Waals surface area contributed by atoms with E-state index in [-0.39, 0.29) is 0 Å². The summed E-state index contributed by atoms with van der Waals surface area (Å²) < 4.78 is 16.2. The van der Waals surface area contributed by atoms with Gasteiger partial charge in [-0.25, -0.2) is 0 Å². The monoisotopic (exact) mass is 296 g/mol. The lowest BCUT2D eigenvalue weighted by Crippen LogP contribution is -1.95. The highest BCUT2D eigenvalue weighted by atomic mass is 16.5. The molecular formula is C17H16N2O3. The predicted molar refractivity (Wildman–Crippen MR) is 81.8 cm³/mol. The maximum Gasteiger partial charge on any atom is 0.247 e. The lowest BCUT2D eigenvalue weighted by atomic mass is 10.1. The second-order valence-corrected chi connectivity index (χ2v) is 4.79. The van der Waals surface area contributed by atoms with E-state index in [1.807, 2.05) is 48.5 Å². The number of aromatic nitrogens is 2. The number of hydrogen-bond donors (Lipinski definition) is 0. The lowest BCUT2D eigenvalue weighted by Gasteiger charge is -2.07. The van der Waals surface area contributed by atoms with Crippen LogP contribution in [0.2, 0.25) is 0 Å². The molecule has 0 aliphatic rings. The van der Waals surface area contributed by atoms with Crippen LogP contribution in [-0.4, -0.2) is 17.3 Å². The van der Waals surface area contributed by atoms with E-state index >= 15 is 0 Å². The van der Waals surface area contributed by atoms with Crippen molar-refractivity contribution in [3.05, 3.63) is 60.0 Å². The average Bonchev–Trinajstić information content (AvgIpc) is 3.00. The van der Waals surface area contributed by atoms with Crippen molar-refractivity contribution in [3.63, 3.8) is 0 Å². The number of hydrogen-bond acceptors (Lipinski definition) is 5. The van der Waals surface area contributed by atoms with Crippen LogP contribution in [-0.2, 0) is 6.61 Å². The van der Waals surface area contributed by atoms with Gasteiger partial charge in [0.15, 0.2) is 0 Å². The van der Waals surface area contributed by atoms with Crippen molar-refractivity contribution < 1.29 is 13.9 Å². The molecule has 0 saturated carbocycles. The van der Waals surface area contributed by atoms with Gasteiger partial charge in [-0.1, -0.05) is 12.1 Å². The van der Waals surface area contributed by atoms with Crippen LogP contribution in [0.3, 0.4) is 0 Å². The molecule has 0 spiro atoms.